The van der Waals surface area contributed by atoms with Gasteiger partial charge >= 0.3 is 0 Å². The van der Waals surface area contributed by atoms with Gasteiger partial charge in [-0.2, -0.15) is 0 Å². The van der Waals surface area contributed by atoms with Crippen LogP contribution in [0.25, 0.3) is 0 Å². The molecule has 5 rings (SSSR count). The van der Waals surface area contributed by atoms with E-state index in [9.17, 15) is 8.42 Å². The van der Waals surface area contributed by atoms with Crippen LogP contribution in [0.2, 0.25) is 0 Å². The molecule has 0 spiro atoms. The molecule has 0 aromatic heterocycles. The number of anilines is 2. The summed E-state index contributed by atoms with van der Waals surface area (Å²) < 4.78 is 34.3. The quantitative estimate of drug-likeness (QED) is 0.699. The molecule has 2 atom stereocenters. The van der Waals surface area contributed by atoms with Crippen molar-refractivity contribution < 1.29 is 13.2 Å². The first-order chi connectivity index (χ1) is 13.4. The van der Waals surface area contributed by atoms with Gasteiger partial charge < -0.3 is 10.1 Å². The number of ether oxygens (including phenoxy) is 1. The monoisotopic (exact) mass is 392 g/mol. The third kappa shape index (κ3) is 2.41. The predicted octanol–water partition coefficient (Wildman–Crippen LogP) is 4.25. The van der Waals surface area contributed by atoms with Crippen LogP contribution in [0.4, 0.5) is 11.4 Å². The minimum atomic E-state index is -3.66. The first kappa shape index (κ1) is 17.1. The molecule has 142 valence electrons. The van der Waals surface area contributed by atoms with Crippen LogP contribution in [-0.2, 0) is 15.4 Å². The summed E-state index contributed by atoms with van der Waals surface area (Å²) >= 11 is 0. The van der Waals surface area contributed by atoms with Crippen molar-refractivity contribution in [3.05, 3.63) is 83.4 Å². The molecule has 2 aliphatic rings. The van der Waals surface area contributed by atoms with E-state index in [1.807, 2.05) is 37.3 Å². The average Bonchev–Trinajstić information content (AvgIpc) is 3.11. The number of hydrogen-bond donors (Lipinski definition) is 2. The SMILES string of the molecule is Cc1ccc(S(=O)(=O)Nc2ccc3c(c2)[C@]2(C)c4ccccc4N[C@@H]2O3)cc1. The Hall–Kier alpha value is -2.99. The summed E-state index contributed by atoms with van der Waals surface area (Å²) in [6.07, 6.45) is -0.205. The number of fused-ring (bicyclic) bond motifs is 5. The van der Waals surface area contributed by atoms with Gasteiger partial charge in [0.05, 0.1) is 10.3 Å². The van der Waals surface area contributed by atoms with E-state index >= 15 is 0 Å². The van der Waals surface area contributed by atoms with Gasteiger partial charge in [-0.05, 0) is 55.8 Å². The normalized spacial score (nSPS) is 21.9. The molecule has 0 unspecified atom stereocenters. The van der Waals surface area contributed by atoms with Crippen molar-refractivity contribution in [2.45, 2.75) is 30.4 Å². The first-order valence-electron chi connectivity index (χ1n) is 9.15. The molecular formula is C22H20N2O3S. The maximum Gasteiger partial charge on any atom is 0.261 e. The number of benzene rings is 3. The number of nitrogens with one attached hydrogen (secondary N) is 2. The largest absolute Gasteiger partial charge is 0.469 e. The van der Waals surface area contributed by atoms with Crippen LogP contribution < -0.4 is 14.8 Å². The third-order valence-corrected chi connectivity index (χ3v) is 7.06. The van der Waals surface area contributed by atoms with Crippen LogP contribution in [0.3, 0.4) is 0 Å². The van der Waals surface area contributed by atoms with Crippen molar-refractivity contribution in [2.75, 3.05) is 10.0 Å². The second-order valence-corrected chi connectivity index (χ2v) is 9.20. The molecule has 0 saturated carbocycles. The van der Waals surface area contributed by atoms with Gasteiger partial charge in [0.15, 0.2) is 6.23 Å². The van der Waals surface area contributed by atoms with Crippen molar-refractivity contribution in [1.29, 1.82) is 0 Å². The van der Waals surface area contributed by atoms with Gasteiger partial charge in [-0.15, -0.1) is 0 Å². The van der Waals surface area contributed by atoms with E-state index in [2.05, 4.69) is 23.0 Å². The molecule has 0 bridgehead atoms. The molecule has 0 amide bonds. The summed E-state index contributed by atoms with van der Waals surface area (Å²) in [6, 6.07) is 20.4. The number of aryl methyl sites for hydroxylation is 1. The standard InChI is InChI=1S/C22H20N2O3S/c1-14-7-10-16(11-8-14)28(25,26)24-15-9-12-20-18(13-15)22(2)17-5-3-4-6-19(17)23-21(22)27-20/h3-13,21,23-24H,1-2H3/t21-,22+/m1/s1. The lowest BCUT2D eigenvalue weighted by molar-refractivity contribution is 0.217. The van der Waals surface area contributed by atoms with E-state index in [4.69, 9.17) is 4.74 Å². The van der Waals surface area contributed by atoms with E-state index in [1.165, 1.54) is 0 Å². The van der Waals surface area contributed by atoms with Gasteiger partial charge in [0, 0.05) is 16.9 Å². The minimum absolute atomic E-state index is 0.205. The molecule has 28 heavy (non-hydrogen) atoms. The van der Waals surface area contributed by atoms with Gasteiger partial charge in [0.1, 0.15) is 5.75 Å². The Morgan fingerprint density at radius 1 is 1.00 bits per heavy atom. The fourth-order valence-corrected chi connectivity index (χ4v) is 5.13. The highest BCUT2D eigenvalue weighted by Gasteiger charge is 2.52. The summed E-state index contributed by atoms with van der Waals surface area (Å²) in [6.45, 7) is 4.05. The lowest BCUT2D eigenvalue weighted by atomic mass is 9.77. The maximum absolute atomic E-state index is 12.8. The Kier molecular flexibility index (Phi) is 3.52. The zero-order chi connectivity index (χ0) is 19.5. The lowest BCUT2D eigenvalue weighted by Gasteiger charge is -2.23. The van der Waals surface area contributed by atoms with Gasteiger partial charge in [-0.1, -0.05) is 35.9 Å². The molecule has 0 saturated heterocycles. The topological polar surface area (TPSA) is 67.4 Å². The number of hydrogen-bond acceptors (Lipinski definition) is 4. The van der Waals surface area contributed by atoms with Gasteiger partial charge in [-0.25, -0.2) is 8.42 Å². The van der Waals surface area contributed by atoms with Crippen molar-refractivity contribution >= 4 is 21.4 Å². The molecular weight excluding hydrogens is 372 g/mol. The smallest absolute Gasteiger partial charge is 0.261 e. The zero-order valence-electron chi connectivity index (χ0n) is 15.6. The predicted molar refractivity (Wildman–Crippen MR) is 109 cm³/mol. The molecule has 6 heteroatoms. The summed E-state index contributed by atoms with van der Waals surface area (Å²) in [7, 11) is -3.66. The number of rotatable bonds is 3. The molecule has 5 nitrogen and oxygen atoms in total. The summed E-state index contributed by atoms with van der Waals surface area (Å²) in [5.41, 5.74) is 4.33. The van der Waals surface area contributed by atoms with E-state index in [0.717, 1.165) is 28.1 Å². The summed E-state index contributed by atoms with van der Waals surface area (Å²) in [4.78, 5) is 0.242. The molecule has 3 aromatic carbocycles. The van der Waals surface area contributed by atoms with Crippen LogP contribution in [0, 0.1) is 6.92 Å². The summed E-state index contributed by atoms with van der Waals surface area (Å²) in [5.74, 6) is 0.771. The van der Waals surface area contributed by atoms with Crippen LogP contribution in [0.1, 0.15) is 23.6 Å². The van der Waals surface area contributed by atoms with Crippen molar-refractivity contribution in [2.24, 2.45) is 0 Å². The molecule has 2 N–H and O–H groups in total. The fraction of sp³-hybridized carbons (Fsp3) is 0.182. The van der Waals surface area contributed by atoms with Gasteiger partial charge in [0.25, 0.3) is 10.0 Å². The fourth-order valence-electron chi connectivity index (χ4n) is 4.08. The second kappa shape index (κ2) is 5.75. The molecule has 0 fully saturated rings. The Balaban J connectivity index is 1.54. The second-order valence-electron chi connectivity index (χ2n) is 7.52. The van der Waals surface area contributed by atoms with E-state index in [0.29, 0.717) is 5.69 Å². The van der Waals surface area contributed by atoms with Gasteiger partial charge in [0.2, 0.25) is 0 Å². The lowest BCUT2D eigenvalue weighted by Crippen LogP contribution is -2.35. The number of para-hydroxylation sites is 1. The highest BCUT2D eigenvalue weighted by atomic mass is 32.2. The summed E-state index contributed by atoms with van der Waals surface area (Å²) in [5, 5.41) is 3.42. The van der Waals surface area contributed by atoms with Crippen molar-refractivity contribution in [3.63, 3.8) is 0 Å². The molecule has 0 radical (unpaired) electrons. The Morgan fingerprint density at radius 3 is 2.54 bits per heavy atom. The van der Waals surface area contributed by atoms with Crippen LogP contribution in [0.15, 0.2) is 71.6 Å². The highest BCUT2D eigenvalue weighted by molar-refractivity contribution is 7.92. The third-order valence-electron chi connectivity index (χ3n) is 5.66. The van der Waals surface area contributed by atoms with Crippen LogP contribution >= 0.6 is 0 Å². The van der Waals surface area contributed by atoms with Crippen LogP contribution in [-0.4, -0.2) is 14.6 Å². The minimum Gasteiger partial charge on any atom is -0.469 e. The van der Waals surface area contributed by atoms with Crippen LogP contribution in [0.5, 0.6) is 5.75 Å². The van der Waals surface area contributed by atoms with E-state index in [1.54, 1.807) is 30.3 Å². The zero-order valence-corrected chi connectivity index (χ0v) is 16.4. The number of sulfonamides is 1. The highest BCUT2D eigenvalue weighted by Crippen LogP contribution is 2.53. The molecule has 0 aliphatic carbocycles. The molecule has 2 aliphatic heterocycles. The van der Waals surface area contributed by atoms with Gasteiger partial charge in [-0.3, -0.25) is 4.72 Å². The first-order valence-corrected chi connectivity index (χ1v) is 10.6. The Bertz CT molecular complexity index is 1190. The maximum atomic E-state index is 12.8. The average molecular weight is 392 g/mol. The Labute approximate surface area is 164 Å². The van der Waals surface area contributed by atoms with E-state index < -0.39 is 10.0 Å². The Morgan fingerprint density at radius 2 is 1.75 bits per heavy atom. The molecule has 3 aromatic rings. The molecule has 2 heterocycles. The van der Waals surface area contributed by atoms with Crippen molar-refractivity contribution in [1.82, 2.24) is 0 Å². The van der Waals surface area contributed by atoms with E-state index in [-0.39, 0.29) is 16.5 Å². The van der Waals surface area contributed by atoms with Crippen molar-refractivity contribution in [3.8, 4) is 5.75 Å².